The van der Waals surface area contributed by atoms with Crippen molar-refractivity contribution in [2.45, 2.75) is 18.9 Å². The minimum atomic E-state index is -0.125. The van der Waals surface area contributed by atoms with Gasteiger partial charge in [-0.1, -0.05) is 0 Å². The predicted octanol–water partition coefficient (Wildman–Crippen LogP) is 0.933. The van der Waals surface area contributed by atoms with E-state index in [2.05, 4.69) is 33.0 Å². The summed E-state index contributed by atoms with van der Waals surface area (Å²) < 4.78 is 7.94. The van der Waals surface area contributed by atoms with Crippen molar-refractivity contribution in [2.24, 2.45) is 7.05 Å². The smallest absolute Gasteiger partial charge is 0.272 e. The lowest BCUT2D eigenvalue weighted by Gasteiger charge is -2.09. The van der Waals surface area contributed by atoms with Crippen LogP contribution in [0.3, 0.4) is 0 Å². The third-order valence-electron chi connectivity index (χ3n) is 2.51. The summed E-state index contributed by atoms with van der Waals surface area (Å²) in [5.74, 6) is -0.125. The van der Waals surface area contributed by atoms with Gasteiger partial charge in [0.1, 0.15) is 0 Å². The summed E-state index contributed by atoms with van der Waals surface area (Å²) in [5.41, 5.74) is 0.487. The van der Waals surface area contributed by atoms with Crippen LogP contribution in [0.2, 0.25) is 0 Å². The molecule has 1 aromatic rings. The Kier molecular flexibility index (Phi) is 3.80. The highest BCUT2D eigenvalue weighted by Crippen LogP contribution is 2.12. The number of hydrogen-bond donors (Lipinski definition) is 1. The molecule has 1 atom stereocenters. The molecule has 0 radical (unpaired) electrons. The van der Waals surface area contributed by atoms with E-state index in [0.717, 1.165) is 23.0 Å². The molecule has 0 aliphatic carbocycles. The highest BCUT2D eigenvalue weighted by molar-refractivity contribution is 14.1. The number of carbonyl (C=O) groups excluding carboxylic acids is 1. The second-order valence-electron chi connectivity index (χ2n) is 3.84. The Bertz CT molecular complexity index is 385. The van der Waals surface area contributed by atoms with Crippen LogP contribution in [-0.2, 0) is 11.8 Å². The quantitative estimate of drug-likeness (QED) is 0.837. The lowest BCUT2D eigenvalue weighted by atomic mass is 10.2. The second-order valence-corrected chi connectivity index (χ2v) is 5.01. The average molecular weight is 335 g/mol. The Morgan fingerprint density at radius 2 is 2.62 bits per heavy atom. The Hall–Kier alpha value is -0.630. The van der Waals surface area contributed by atoms with Gasteiger partial charge in [-0.25, -0.2) is 0 Å². The number of aromatic nitrogens is 2. The van der Waals surface area contributed by atoms with Gasteiger partial charge in [-0.2, -0.15) is 5.10 Å². The van der Waals surface area contributed by atoms with E-state index in [-0.39, 0.29) is 12.0 Å². The number of amides is 1. The van der Waals surface area contributed by atoms with E-state index in [1.165, 1.54) is 0 Å². The van der Waals surface area contributed by atoms with Crippen LogP contribution in [0.25, 0.3) is 0 Å². The van der Waals surface area contributed by atoms with Gasteiger partial charge in [-0.15, -0.1) is 0 Å². The van der Waals surface area contributed by atoms with Gasteiger partial charge in [0.15, 0.2) is 5.69 Å². The summed E-state index contributed by atoms with van der Waals surface area (Å²) >= 11 is 2.11. The first-order chi connectivity index (χ1) is 7.66. The van der Waals surface area contributed by atoms with Gasteiger partial charge in [0.05, 0.1) is 9.67 Å². The maximum absolute atomic E-state index is 11.8. The van der Waals surface area contributed by atoms with Gasteiger partial charge in [-0.3, -0.25) is 9.48 Å². The first-order valence-corrected chi connectivity index (χ1v) is 6.33. The largest absolute Gasteiger partial charge is 0.376 e. The molecular formula is C10H14IN3O2. The van der Waals surface area contributed by atoms with E-state index in [4.69, 9.17) is 4.74 Å². The Labute approximate surface area is 108 Å². The Morgan fingerprint density at radius 1 is 1.81 bits per heavy atom. The van der Waals surface area contributed by atoms with E-state index in [1.54, 1.807) is 11.7 Å². The maximum atomic E-state index is 11.8. The molecule has 6 heteroatoms. The van der Waals surface area contributed by atoms with Crippen LogP contribution in [0.1, 0.15) is 23.3 Å². The SMILES string of the molecule is Cn1cc(I)c(C(=O)NC[C@H]2CCCO2)n1. The molecule has 1 amide bonds. The van der Waals surface area contributed by atoms with Crippen LogP contribution in [0.15, 0.2) is 6.20 Å². The number of ether oxygens (including phenoxy) is 1. The third-order valence-corrected chi connectivity index (χ3v) is 3.30. The molecule has 2 rings (SSSR count). The van der Waals surface area contributed by atoms with Crippen LogP contribution in [0, 0.1) is 3.57 Å². The first kappa shape index (κ1) is 11.8. The number of hydrogen-bond acceptors (Lipinski definition) is 3. The van der Waals surface area contributed by atoms with Crippen molar-refractivity contribution in [3.63, 3.8) is 0 Å². The maximum Gasteiger partial charge on any atom is 0.272 e. The van der Waals surface area contributed by atoms with Gasteiger partial charge in [-0.05, 0) is 35.4 Å². The third kappa shape index (κ3) is 2.73. The summed E-state index contributed by atoms with van der Waals surface area (Å²) in [4.78, 5) is 11.8. The fourth-order valence-corrected chi connectivity index (χ4v) is 2.46. The Morgan fingerprint density at radius 3 is 3.19 bits per heavy atom. The minimum Gasteiger partial charge on any atom is -0.376 e. The van der Waals surface area contributed by atoms with Crippen molar-refractivity contribution in [3.05, 3.63) is 15.5 Å². The van der Waals surface area contributed by atoms with Gasteiger partial charge in [0, 0.05) is 26.4 Å². The highest BCUT2D eigenvalue weighted by atomic mass is 127. The molecular weight excluding hydrogens is 321 g/mol. The van der Waals surface area contributed by atoms with Crippen LogP contribution in [-0.4, -0.2) is 34.9 Å². The van der Waals surface area contributed by atoms with E-state index in [1.807, 2.05) is 6.20 Å². The second kappa shape index (κ2) is 5.13. The molecule has 0 bridgehead atoms. The highest BCUT2D eigenvalue weighted by Gasteiger charge is 2.19. The normalized spacial score (nSPS) is 20.0. The van der Waals surface area contributed by atoms with Gasteiger partial charge in [0.2, 0.25) is 0 Å². The average Bonchev–Trinajstić information content (AvgIpc) is 2.84. The molecule has 5 nitrogen and oxygen atoms in total. The monoisotopic (exact) mass is 335 g/mol. The lowest BCUT2D eigenvalue weighted by molar-refractivity contribution is 0.0852. The summed E-state index contributed by atoms with van der Waals surface area (Å²) in [5, 5.41) is 6.96. The molecule has 88 valence electrons. The van der Waals surface area contributed by atoms with Crippen LogP contribution < -0.4 is 5.32 Å². The van der Waals surface area contributed by atoms with Crippen molar-refractivity contribution >= 4 is 28.5 Å². The molecule has 0 spiro atoms. The van der Waals surface area contributed by atoms with Gasteiger partial charge in [0.25, 0.3) is 5.91 Å². The van der Waals surface area contributed by atoms with Gasteiger partial charge < -0.3 is 10.1 Å². The molecule has 1 fully saturated rings. The molecule has 1 saturated heterocycles. The molecule has 1 aromatic heterocycles. The number of nitrogens with zero attached hydrogens (tertiary/aromatic N) is 2. The van der Waals surface area contributed by atoms with E-state index >= 15 is 0 Å². The summed E-state index contributed by atoms with van der Waals surface area (Å²) in [6.07, 6.45) is 4.10. The van der Waals surface area contributed by atoms with Gasteiger partial charge >= 0.3 is 0 Å². The molecule has 1 N–H and O–H groups in total. The minimum absolute atomic E-state index is 0.125. The lowest BCUT2D eigenvalue weighted by Crippen LogP contribution is -2.32. The van der Waals surface area contributed by atoms with Crippen LogP contribution in [0.4, 0.5) is 0 Å². The van der Waals surface area contributed by atoms with Crippen molar-refractivity contribution in [3.8, 4) is 0 Å². The zero-order valence-corrected chi connectivity index (χ0v) is 11.2. The van der Waals surface area contributed by atoms with Crippen molar-refractivity contribution in [2.75, 3.05) is 13.2 Å². The van der Waals surface area contributed by atoms with Crippen molar-refractivity contribution in [1.82, 2.24) is 15.1 Å². The van der Waals surface area contributed by atoms with Crippen molar-refractivity contribution in [1.29, 1.82) is 0 Å². The summed E-state index contributed by atoms with van der Waals surface area (Å²) in [6, 6.07) is 0. The fourth-order valence-electron chi connectivity index (χ4n) is 1.71. The van der Waals surface area contributed by atoms with Crippen LogP contribution in [0.5, 0.6) is 0 Å². The zero-order chi connectivity index (χ0) is 11.5. The number of nitrogens with one attached hydrogen (secondary N) is 1. The first-order valence-electron chi connectivity index (χ1n) is 5.26. The number of rotatable bonds is 3. The molecule has 0 unspecified atom stereocenters. The predicted molar refractivity (Wildman–Crippen MR) is 67.2 cm³/mol. The molecule has 16 heavy (non-hydrogen) atoms. The Balaban J connectivity index is 1.90. The molecule has 0 aromatic carbocycles. The number of halogens is 1. The number of aryl methyl sites for hydroxylation is 1. The molecule has 2 heterocycles. The standard InChI is InChI=1S/C10H14IN3O2/c1-14-6-8(11)9(13-14)10(15)12-5-7-3-2-4-16-7/h6-7H,2-5H2,1H3,(H,12,15)/t7-/m1/s1. The fraction of sp³-hybridized carbons (Fsp3) is 0.600. The van der Waals surface area contributed by atoms with Crippen molar-refractivity contribution < 1.29 is 9.53 Å². The molecule has 0 saturated carbocycles. The van der Waals surface area contributed by atoms with Crippen LogP contribution >= 0.6 is 22.6 Å². The topological polar surface area (TPSA) is 56.2 Å². The number of carbonyl (C=O) groups is 1. The zero-order valence-electron chi connectivity index (χ0n) is 9.07. The summed E-state index contributed by atoms with van der Waals surface area (Å²) in [6.45, 7) is 1.38. The molecule has 1 aliphatic rings. The summed E-state index contributed by atoms with van der Waals surface area (Å²) in [7, 11) is 1.80. The molecule has 1 aliphatic heterocycles. The van der Waals surface area contributed by atoms with E-state index < -0.39 is 0 Å². The van der Waals surface area contributed by atoms with E-state index in [0.29, 0.717) is 12.2 Å². The van der Waals surface area contributed by atoms with E-state index in [9.17, 15) is 4.79 Å².